The first-order valence-corrected chi connectivity index (χ1v) is 10.3. The standard InChI is InChI=1S/C24H33NO4/c1-17(2)14-27-15-22(26)13-25(12-21-9-18(3)5-6-19(21)4)11-20-7-8-23-24(10-20)29-16-28-23/h5-10,17,22,26H,11-16H2,1-4H3/t22-/m0/s1. The lowest BCUT2D eigenvalue weighted by molar-refractivity contribution is 0.00551. The summed E-state index contributed by atoms with van der Waals surface area (Å²) in [6.45, 7) is 11.8. The lowest BCUT2D eigenvalue weighted by Crippen LogP contribution is -2.34. The van der Waals surface area contributed by atoms with Crippen molar-refractivity contribution in [2.24, 2.45) is 5.92 Å². The molecule has 1 N–H and O–H groups in total. The maximum Gasteiger partial charge on any atom is 0.231 e. The fourth-order valence-electron chi connectivity index (χ4n) is 3.48. The van der Waals surface area contributed by atoms with E-state index >= 15 is 0 Å². The highest BCUT2D eigenvalue weighted by Gasteiger charge is 2.18. The SMILES string of the molecule is Cc1ccc(C)c(CN(Cc2ccc3c(c2)OCO3)C[C@H](O)COCC(C)C)c1. The van der Waals surface area contributed by atoms with E-state index in [1.165, 1.54) is 16.7 Å². The van der Waals surface area contributed by atoms with Gasteiger partial charge in [0, 0.05) is 26.2 Å². The highest BCUT2D eigenvalue weighted by Crippen LogP contribution is 2.33. The summed E-state index contributed by atoms with van der Waals surface area (Å²) >= 11 is 0. The van der Waals surface area contributed by atoms with Gasteiger partial charge in [0.15, 0.2) is 11.5 Å². The molecule has 1 atom stereocenters. The van der Waals surface area contributed by atoms with E-state index in [1.807, 2.05) is 12.1 Å². The van der Waals surface area contributed by atoms with Gasteiger partial charge in [0.1, 0.15) is 0 Å². The zero-order chi connectivity index (χ0) is 20.8. The molecule has 0 saturated carbocycles. The van der Waals surface area contributed by atoms with Gasteiger partial charge in [0.25, 0.3) is 0 Å². The molecule has 1 heterocycles. The van der Waals surface area contributed by atoms with Crippen molar-refractivity contribution in [2.75, 3.05) is 26.6 Å². The second kappa shape index (κ2) is 10.1. The van der Waals surface area contributed by atoms with Crippen LogP contribution in [0.2, 0.25) is 0 Å². The molecule has 158 valence electrons. The number of aliphatic hydroxyl groups excluding tert-OH is 1. The molecule has 2 aromatic rings. The van der Waals surface area contributed by atoms with Crippen LogP contribution in [-0.4, -0.2) is 42.7 Å². The smallest absolute Gasteiger partial charge is 0.231 e. The number of hydrogen-bond donors (Lipinski definition) is 1. The van der Waals surface area contributed by atoms with Gasteiger partial charge in [-0.2, -0.15) is 0 Å². The van der Waals surface area contributed by atoms with Gasteiger partial charge in [0.2, 0.25) is 6.79 Å². The molecule has 5 nitrogen and oxygen atoms in total. The fraction of sp³-hybridized carbons (Fsp3) is 0.500. The van der Waals surface area contributed by atoms with E-state index in [0.29, 0.717) is 32.2 Å². The average molecular weight is 400 g/mol. The number of fused-ring (bicyclic) bond motifs is 1. The molecule has 0 aromatic heterocycles. The van der Waals surface area contributed by atoms with Crippen LogP contribution in [0.25, 0.3) is 0 Å². The molecule has 0 bridgehead atoms. The van der Waals surface area contributed by atoms with Crippen LogP contribution in [-0.2, 0) is 17.8 Å². The molecular weight excluding hydrogens is 366 g/mol. The van der Waals surface area contributed by atoms with Crippen molar-refractivity contribution in [3.63, 3.8) is 0 Å². The number of benzene rings is 2. The summed E-state index contributed by atoms with van der Waals surface area (Å²) in [4.78, 5) is 2.27. The Labute approximate surface area is 174 Å². The number of aliphatic hydroxyl groups is 1. The molecule has 0 radical (unpaired) electrons. The normalized spacial score (nSPS) is 14.0. The molecule has 1 aliphatic heterocycles. The zero-order valence-electron chi connectivity index (χ0n) is 18.0. The molecule has 3 rings (SSSR count). The maximum atomic E-state index is 10.6. The van der Waals surface area contributed by atoms with E-state index in [4.69, 9.17) is 14.2 Å². The van der Waals surface area contributed by atoms with E-state index in [0.717, 1.165) is 23.6 Å². The van der Waals surface area contributed by atoms with Crippen molar-refractivity contribution in [3.8, 4) is 11.5 Å². The van der Waals surface area contributed by atoms with Gasteiger partial charge in [-0.1, -0.05) is 43.7 Å². The fourth-order valence-corrected chi connectivity index (χ4v) is 3.48. The molecule has 2 aromatic carbocycles. The predicted molar refractivity (Wildman–Crippen MR) is 114 cm³/mol. The Morgan fingerprint density at radius 2 is 1.79 bits per heavy atom. The second-order valence-electron chi connectivity index (χ2n) is 8.37. The molecule has 0 amide bonds. The van der Waals surface area contributed by atoms with E-state index < -0.39 is 6.10 Å². The van der Waals surface area contributed by atoms with Crippen LogP contribution >= 0.6 is 0 Å². The van der Waals surface area contributed by atoms with E-state index in [1.54, 1.807) is 0 Å². The molecular formula is C24H33NO4. The number of rotatable bonds is 10. The Hall–Kier alpha value is -2.08. The number of aryl methyl sites for hydroxylation is 2. The summed E-state index contributed by atoms with van der Waals surface area (Å²) in [5.41, 5.74) is 4.92. The first-order chi connectivity index (χ1) is 13.9. The van der Waals surface area contributed by atoms with Crippen LogP contribution in [0.15, 0.2) is 36.4 Å². The summed E-state index contributed by atoms with van der Waals surface area (Å²) < 4.78 is 16.6. The second-order valence-corrected chi connectivity index (χ2v) is 8.37. The topological polar surface area (TPSA) is 51.2 Å². The number of nitrogens with zero attached hydrogens (tertiary/aromatic N) is 1. The average Bonchev–Trinajstić information content (AvgIpc) is 3.12. The third kappa shape index (κ3) is 6.46. The van der Waals surface area contributed by atoms with Crippen molar-refractivity contribution in [3.05, 3.63) is 58.7 Å². The van der Waals surface area contributed by atoms with Crippen LogP contribution in [0.4, 0.5) is 0 Å². The van der Waals surface area contributed by atoms with Crippen LogP contribution in [0.3, 0.4) is 0 Å². The third-order valence-electron chi connectivity index (χ3n) is 4.97. The minimum absolute atomic E-state index is 0.275. The Kier molecular flexibility index (Phi) is 7.53. The van der Waals surface area contributed by atoms with Crippen LogP contribution in [0.5, 0.6) is 11.5 Å². The summed E-state index contributed by atoms with van der Waals surface area (Å²) in [5.74, 6) is 2.04. The largest absolute Gasteiger partial charge is 0.454 e. The van der Waals surface area contributed by atoms with Gasteiger partial charge in [0.05, 0.1) is 12.7 Å². The summed E-state index contributed by atoms with van der Waals surface area (Å²) in [7, 11) is 0. The molecule has 0 aliphatic carbocycles. The van der Waals surface area contributed by atoms with E-state index in [2.05, 4.69) is 56.9 Å². The summed E-state index contributed by atoms with van der Waals surface area (Å²) in [6.07, 6.45) is -0.534. The minimum Gasteiger partial charge on any atom is -0.454 e. The Morgan fingerprint density at radius 3 is 2.59 bits per heavy atom. The van der Waals surface area contributed by atoms with E-state index in [9.17, 15) is 5.11 Å². The molecule has 0 spiro atoms. The maximum absolute atomic E-state index is 10.6. The van der Waals surface area contributed by atoms with Crippen molar-refractivity contribution < 1.29 is 19.3 Å². The van der Waals surface area contributed by atoms with Gasteiger partial charge >= 0.3 is 0 Å². The highest BCUT2D eigenvalue weighted by atomic mass is 16.7. The Bertz CT molecular complexity index is 805. The summed E-state index contributed by atoms with van der Waals surface area (Å²) in [6, 6.07) is 12.6. The quantitative estimate of drug-likeness (QED) is 0.653. The first kappa shape index (κ1) is 21.6. The van der Waals surface area contributed by atoms with Crippen LogP contribution in [0.1, 0.15) is 36.1 Å². The van der Waals surface area contributed by atoms with Crippen LogP contribution in [0, 0.1) is 19.8 Å². The predicted octanol–water partition coefficient (Wildman–Crippen LogP) is 4.07. The van der Waals surface area contributed by atoms with Gasteiger partial charge in [-0.05, 0) is 48.6 Å². The summed E-state index contributed by atoms with van der Waals surface area (Å²) in [5, 5.41) is 10.6. The van der Waals surface area contributed by atoms with Crippen molar-refractivity contribution in [2.45, 2.75) is 46.9 Å². The number of hydrogen-bond acceptors (Lipinski definition) is 5. The van der Waals surface area contributed by atoms with Crippen LogP contribution < -0.4 is 9.47 Å². The van der Waals surface area contributed by atoms with Crippen molar-refractivity contribution >= 4 is 0 Å². The monoisotopic (exact) mass is 399 g/mol. The van der Waals surface area contributed by atoms with E-state index in [-0.39, 0.29) is 6.79 Å². The molecule has 0 unspecified atom stereocenters. The molecule has 1 aliphatic rings. The lowest BCUT2D eigenvalue weighted by atomic mass is 10.0. The number of ether oxygens (including phenoxy) is 3. The van der Waals surface area contributed by atoms with Gasteiger partial charge < -0.3 is 19.3 Å². The minimum atomic E-state index is -0.534. The third-order valence-corrected chi connectivity index (χ3v) is 4.97. The highest BCUT2D eigenvalue weighted by molar-refractivity contribution is 5.44. The Morgan fingerprint density at radius 1 is 1.00 bits per heavy atom. The lowest BCUT2D eigenvalue weighted by Gasteiger charge is -2.26. The molecule has 0 saturated heterocycles. The van der Waals surface area contributed by atoms with Gasteiger partial charge in [-0.15, -0.1) is 0 Å². The van der Waals surface area contributed by atoms with Gasteiger partial charge in [-0.25, -0.2) is 0 Å². The molecule has 5 heteroatoms. The van der Waals surface area contributed by atoms with Crippen molar-refractivity contribution in [1.82, 2.24) is 4.90 Å². The molecule has 29 heavy (non-hydrogen) atoms. The first-order valence-electron chi connectivity index (χ1n) is 10.3. The molecule has 0 fully saturated rings. The van der Waals surface area contributed by atoms with Gasteiger partial charge in [-0.3, -0.25) is 4.90 Å². The van der Waals surface area contributed by atoms with Crippen molar-refractivity contribution in [1.29, 1.82) is 0 Å². The Balaban J connectivity index is 1.70. The zero-order valence-corrected chi connectivity index (χ0v) is 18.0.